The number of benzene rings is 2. The van der Waals surface area contributed by atoms with Gasteiger partial charge in [0, 0.05) is 23.8 Å². The van der Waals surface area contributed by atoms with Crippen LogP contribution in [0.25, 0.3) is 10.9 Å². The van der Waals surface area contributed by atoms with Gasteiger partial charge in [0.25, 0.3) is 0 Å². The van der Waals surface area contributed by atoms with Gasteiger partial charge in [0.05, 0.1) is 15.6 Å². The molecule has 1 heterocycles. The van der Waals surface area contributed by atoms with Gasteiger partial charge in [0.1, 0.15) is 0 Å². The van der Waals surface area contributed by atoms with Gasteiger partial charge in [-0.2, -0.15) is 0 Å². The van der Waals surface area contributed by atoms with Gasteiger partial charge in [0.15, 0.2) is 5.82 Å². The number of hydrogen-bond acceptors (Lipinski definition) is 2. The first-order chi connectivity index (χ1) is 10.1. The van der Waals surface area contributed by atoms with Gasteiger partial charge in [-0.1, -0.05) is 41.4 Å². The molecule has 0 saturated carbocycles. The number of nitrogens with one attached hydrogen (secondary N) is 1. The molecule has 0 aliphatic rings. The summed E-state index contributed by atoms with van der Waals surface area (Å²) in [5, 5.41) is 4.28. The lowest BCUT2D eigenvalue weighted by Gasteiger charge is -2.10. The molecule has 0 amide bonds. The molecular weight excluding hydrogens is 310 g/mol. The van der Waals surface area contributed by atoms with Crippen LogP contribution in [0.4, 0.5) is 10.1 Å². The molecule has 3 rings (SSSR count). The molecule has 1 N–H and O–H groups in total. The van der Waals surface area contributed by atoms with E-state index in [1.807, 2.05) is 30.3 Å². The van der Waals surface area contributed by atoms with Gasteiger partial charge in [0.2, 0.25) is 0 Å². The number of hydrogen-bond donors (Lipinski definition) is 1. The monoisotopic (exact) mass is 320 g/mol. The lowest BCUT2D eigenvalue weighted by molar-refractivity contribution is 0.629. The zero-order valence-corrected chi connectivity index (χ0v) is 12.4. The first kappa shape index (κ1) is 14.1. The van der Waals surface area contributed by atoms with E-state index in [1.54, 1.807) is 6.20 Å². The van der Waals surface area contributed by atoms with Crippen molar-refractivity contribution in [3.63, 3.8) is 0 Å². The van der Waals surface area contributed by atoms with Gasteiger partial charge in [-0.05, 0) is 29.8 Å². The molecule has 1 aromatic heterocycles. The summed E-state index contributed by atoms with van der Waals surface area (Å²) in [7, 11) is 0. The number of fused-ring (bicyclic) bond motifs is 1. The summed E-state index contributed by atoms with van der Waals surface area (Å²) in [4.78, 5) is 4.32. The lowest BCUT2D eigenvalue weighted by Crippen LogP contribution is -2.01. The first-order valence-electron chi connectivity index (χ1n) is 6.36. The molecule has 2 nitrogen and oxygen atoms in total. The average molecular weight is 321 g/mol. The van der Waals surface area contributed by atoms with Crippen molar-refractivity contribution in [1.29, 1.82) is 0 Å². The predicted molar refractivity (Wildman–Crippen MR) is 85.5 cm³/mol. The van der Waals surface area contributed by atoms with E-state index in [1.165, 1.54) is 12.1 Å². The van der Waals surface area contributed by atoms with Crippen molar-refractivity contribution in [2.45, 2.75) is 6.54 Å². The van der Waals surface area contributed by atoms with Gasteiger partial charge in [-0.25, -0.2) is 4.39 Å². The number of rotatable bonds is 3. The van der Waals surface area contributed by atoms with Crippen LogP contribution in [0.3, 0.4) is 0 Å². The third-order valence-corrected chi connectivity index (χ3v) is 3.76. The van der Waals surface area contributed by atoms with E-state index in [9.17, 15) is 4.39 Å². The third kappa shape index (κ3) is 2.94. The number of pyridine rings is 1. The fourth-order valence-electron chi connectivity index (χ4n) is 2.16. The molecular formula is C16H11Cl2FN2. The SMILES string of the molecule is Fc1c(Cl)cc(NCc2ccnc3ccccc23)cc1Cl. The highest BCUT2D eigenvalue weighted by atomic mass is 35.5. The summed E-state index contributed by atoms with van der Waals surface area (Å²) in [6, 6.07) is 12.9. The molecule has 3 aromatic rings. The summed E-state index contributed by atoms with van der Waals surface area (Å²) in [6.07, 6.45) is 1.77. The molecule has 106 valence electrons. The number of nitrogens with zero attached hydrogens (tertiary/aromatic N) is 1. The Hall–Kier alpha value is -1.84. The molecule has 0 fully saturated rings. The molecule has 0 unspecified atom stereocenters. The summed E-state index contributed by atoms with van der Waals surface area (Å²) in [5.41, 5.74) is 2.71. The Kier molecular flexibility index (Phi) is 3.95. The second kappa shape index (κ2) is 5.88. The minimum absolute atomic E-state index is 0.00425. The van der Waals surface area contributed by atoms with Crippen molar-refractivity contribution in [1.82, 2.24) is 4.98 Å². The molecule has 0 saturated heterocycles. The Morgan fingerprint density at radius 2 is 1.76 bits per heavy atom. The van der Waals surface area contributed by atoms with Crippen LogP contribution in [-0.2, 0) is 6.54 Å². The van der Waals surface area contributed by atoms with Crippen LogP contribution in [0.2, 0.25) is 10.0 Å². The molecule has 0 aliphatic heterocycles. The van der Waals surface area contributed by atoms with Crippen molar-refractivity contribution < 1.29 is 4.39 Å². The van der Waals surface area contributed by atoms with Crippen LogP contribution in [0.1, 0.15) is 5.56 Å². The molecule has 21 heavy (non-hydrogen) atoms. The minimum Gasteiger partial charge on any atom is -0.381 e. The van der Waals surface area contributed by atoms with Crippen molar-refractivity contribution in [2.24, 2.45) is 0 Å². The molecule has 5 heteroatoms. The van der Waals surface area contributed by atoms with Crippen molar-refractivity contribution in [2.75, 3.05) is 5.32 Å². The number of anilines is 1. The van der Waals surface area contributed by atoms with Gasteiger partial charge in [-0.15, -0.1) is 0 Å². The quantitative estimate of drug-likeness (QED) is 0.663. The van der Waals surface area contributed by atoms with Crippen LogP contribution >= 0.6 is 23.2 Å². The number of para-hydroxylation sites is 1. The fourth-order valence-corrected chi connectivity index (χ4v) is 2.65. The molecule has 0 atom stereocenters. The maximum Gasteiger partial charge on any atom is 0.160 e. The molecule has 0 spiro atoms. The maximum absolute atomic E-state index is 13.4. The van der Waals surface area contributed by atoms with Crippen LogP contribution in [-0.4, -0.2) is 4.98 Å². The van der Waals surface area contributed by atoms with Gasteiger partial charge < -0.3 is 5.32 Å². The smallest absolute Gasteiger partial charge is 0.160 e. The minimum atomic E-state index is -0.599. The van der Waals surface area contributed by atoms with Gasteiger partial charge in [-0.3, -0.25) is 4.98 Å². The summed E-state index contributed by atoms with van der Waals surface area (Å²) in [5.74, 6) is -0.599. The van der Waals surface area contributed by atoms with E-state index >= 15 is 0 Å². The Morgan fingerprint density at radius 1 is 1.05 bits per heavy atom. The van der Waals surface area contributed by atoms with Gasteiger partial charge >= 0.3 is 0 Å². The third-order valence-electron chi connectivity index (χ3n) is 3.21. The Bertz CT molecular complexity index is 777. The van der Waals surface area contributed by atoms with E-state index in [0.717, 1.165) is 16.5 Å². The Labute approximate surface area is 131 Å². The second-order valence-corrected chi connectivity index (χ2v) is 5.41. The average Bonchev–Trinajstić information content (AvgIpc) is 2.50. The predicted octanol–water partition coefficient (Wildman–Crippen LogP) is 5.29. The largest absolute Gasteiger partial charge is 0.381 e. The zero-order chi connectivity index (χ0) is 14.8. The van der Waals surface area contributed by atoms with Crippen LogP contribution in [0.5, 0.6) is 0 Å². The van der Waals surface area contributed by atoms with Crippen LogP contribution < -0.4 is 5.32 Å². The molecule has 2 aromatic carbocycles. The second-order valence-electron chi connectivity index (χ2n) is 4.59. The molecule has 0 radical (unpaired) electrons. The Balaban J connectivity index is 1.87. The van der Waals surface area contributed by atoms with Crippen LogP contribution in [0, 0.1) is 5.82 Å². The van der Waals surface area contributed by atoms with E-state index < -0.39 is 5.82 Å². The number of aromatic nitrogens is 1. The topological polar surface area (TPSA) is 24.9 Å². The van der Waals surface area contributed by atoms with Crippen LogP contribution in [0.15, 0.2) is 48.7 Å². The van der Waals surface area contributed by atoms with Crippen molar-refractivity contribution in [3.05, 3.63) is 70.1 Å². The highest BCUT2D eigenvalue weighted by Crippen LogP contribution is 2.28. The fraction of sp³-hybridized carbons (Fsp3) is 0.0625. The normalized spacial score (nSPS) is 10.8. The number of halogens is 3. The highest BCUT2D eigenvalue weighted by Gasteiger charge is 2.08. The first-order valence-corrected chi connectivity index (χ1v) is 7.12. The van der Waals surface area contributed by atoms with E-state index in [4.69, 9.17) is 23.2 Å². The van der Waals surface area contributed by atoms with Crippen molar-refractivity contribution in [3.8, 4) is 0 Å². The van der Waals surface area contributed by atoms with E-state index in [2.05, 4.69) is 10.3 Å². The summed E-state index contributed by atoms with van der Waals surface area (Å²) < 4.78 is 13.4. The summed E-state index contributed by atoms with van der Waals surface area (Å²) >= 11 is 11.6. The van der Waals surface area contributed by atoms with E-state index in [0.29, 0.717) is 12.2 Å². The van der Waals surface area contributed by atoms with Crippen molar-refractivity contribution >= 4 is 39.8 Å². The lowest BCUT2D eigenvalue weighted by atomic mass is 10.1. The zero-order valence-electron chi connectivity index (χ0n) is 10.9. The summed E-state index contributed by atoms with van der Waals surface area (Å²) in [6.45, 7) is 0.571. The maximum atomic E-state index is 13.4. The van der Waals surface area contributed by atoms with E-state index in [-0.39, 0.29) is 10.0 Å². The Morgan fingerprint density at radius 3 is 2.52 bits per heavy atom. The highest BCUT2D eigenvalue weighted by molar-refractivity contribution is 6.35. The molecule has 0 bridgehead atoms. The standard InChI is InChI=1S/C16H11Cl2FN2/c17-13-7-11(8-14(18)16(13)19)21-9-10-5-6-20-15-4-2-1-3-12(10)15/h1-8,21H,9H2. The molecule has 0 aliphatic carbocycles.